The molecule has 142 valence electrons. The first kappa shape index (κ1) is 17.7. The van der Waals surface area contributed by atoms with Gasteiger partial charge in [-0.2, -0.15) is 5.10 Å². The lowest BCUT2D eigenvalue weighted by Crippen LogP contribution is -2.36. The molecule has 2 aromatic heterocycles. The van der Waals surface area contributed by atoms with Crippen molar-refractivity contribution >= 4 is 0 Å². The highest BCUT2D eigenvalue weighted by Crippen LogP contribution is 2.35. The van der Waals surface area contributed by atoms with Crippen LogP contribution in [0.15, 0.2) is 18.5 Å². The van der Waals surface area contributed by atoms with E-state index in [1.165, 1.54) is 19.3 Å². The number of aryl methyl sites for hydroxylation is 1. The first-order chi connectivity index (χ1) is 12.7. The Balaban J connectivity index is 1.27. The van der Waals surface area contributed by atoms with Gasteiger partial charge in [0, 0.05) is 37.4 Å². The molecule has 0 radical (unpaired) electrons. The Morgan fingerprint density at radius 3 is 2.65 bits per heavy atom. The lowest BCUT2D eigenvalue weighted by molar-refractivity contribution is 0.163. The smallest absolute Gasteiger partial charge is 0.147 e. The maximum Gasteiger partial charge on any atom is 0.147 e. The van der Waals surface area contributed by atoms with Crippen LogP contribution in [0.25, 0.3) is 0 Å². The highest BCUT2D eigenvalue weighted by atomic mass is 15.3. The molecule has 0 bridgehead atoms. The van der Waals surface area contributed by atoms with Gasteiger partial charge in [-0.25, -0.2) is 0 Å². The standard InChI is InChI=1S/C19H31N7/c1-2-26-18(22-23-19(26)16-12-17(20)13-16)14-24-9-4-15(5-10-24)6-11-25-8-3-7-21-25/h3,7-8,15-17H,2,4-6,9-14,20H2,1H3. The highest BCUT2D eigenvalue weighted by Gasteiger charge is 2.32. The second-order valence-electron chi connectivity index (χ2n) is 7.92. The summed E-state index contributed by atoms with van der Waals surface area (Å²) in [5.74, 6) is 3.60. The van der Waals surface area contributed by atoms with E-state index in [9.17, 15) is 0 Å². The Hall–Kier alpha value is -1.73. The highest BCUT2D eigenvalue weighted by molar-refractivity contribution is 5.08. The number of hydrogen-bond donors (Lipinski definition) is 1. The minimum absolute atomic E-state index is 0.353. The molecule has 4 rings (SSSR count). The van der Waals surface area contributed by atoms with Crippen molar-refractivity contribution < 1.29 is 0 Å². The summed E-state index contributed by atoms with van der Waals surface area (Å²) in [6.45, 7) is 7.41. The summed E-state index contributed by atoms with van der Waals surface area (Å²) < 4.78 is 4.37. The Bertz CT molecular complexity index is 679. The fourth-order valence-electron chi connectivity index (χ4n) is 4.37. The minimum atomic E-state index is 0.353. The van der Waals surface area contributed by atoms with Gasteiger partial charge < -0.3 is 10.3 Å². The Labute approximate surface area is 155 Å². The number of likely N-dealkylation sites (tertiary alicyclic amines) is 1. The summed E-state index contributed by atoms with van der Waals surface area (Å²) in [6, 6.07) is 2.35. The number of piperidine rings is 1. The number of nitrogens with zero attached hydrogens (tertiary/aromatic N) is 6. The van der Waals surface area contributed by atoms with Crippen LogP contribution >= 0.6 is 0 Å². The molecule has 3 heterocycles. The first-order valence-electron chi connectivity index (χ1n) is 10.1. The second-order valence-corrected chi connectivity index (χ2v) is 7.92. The summed E-state index contributed by atoms with van der Waals surface area (Å²) in [5, 5.41) is 13.3. The van der Waals surface area contributed by atoms with Gasteiger partial charge in [0.15, 0.2) is 0 Å². The number of nitrogens with two attached hydrogens (primary N) is 1. The Morgan fingerprint density at radius 2 is 2.00 bits per heavy atom. The van der Waals surface area contributed by atoms with Crippen molar-refractivity contribution in [3.8, 4) is 0 Å². The van der Waals surface area contributed by atoms with Gasteiger partial charge in [0.1, 0.15) is 11.6 Å². The molecule has 0 atom stereocenters. The van der Waals surface area contributed by atoms with Gasteiger partial charge in [-0.15, -0.1) is 10.2 Å². The van der Waals surface area contributed by atoms with E-state index in [1.807, 2.05) is 16.9 Å². The van der Waals surface area contributed by atoms with Crippen molar-refractivity contribution in [1.82, 2.24) is 29.4 Å². The average Bonchev–Trinajstić information content (AvgIpc) is 3.28. The predicted octanol–water partition coefficient (Wildman–Crippen LogP) is 2.00. The van der Waals surface area contributed by atoms with Gasteiger partial charge in [-0.3, -0.25) is 9.58 Å². The third kappa shape index (κ3) is 3.83. The van der Waals surface area contributed by atoms with Crippen LogP contribution in [0, 0.1) is 5.92 Å². The summed E-state index contributed by atoms with van der Waals surface area (Å²) >= 11 is 0. The molecular formula is C19H31N7. The predicted molar refractivity (Wildman–Crippen MR) is 100 cm³/mol. The summed E-state index contributed by atoms with van der Waals surface area (Å²) in [4.78, 5) is 2.54. The topological polar surface area (TPSA) is 77.8 Å². The minimum Gasteiger partial charge on any atom is -0.328 e. The summed E-state index contributed by atoms with van der Waals surface area (Å²) in [7, 11) is 0. The van der Waals surface area contributed by atoms with Crippen molar-refractivity contribution in [3.05, 3.63) is 30.1 Å². The van der Waals surface area contributed by atoms with Crippen molar-refractivity contribution in [1.29, 1.82) is 0 Å². The van der Waals surface area contributed by atoms with Crippen LogP contribution in [0.1, 0.15) is 56.6 Å². The van der Waals surface area contributed by atoms with E-state index in [4.69, 9.17) is 5.73 Å². The molecule has 0 unspecified atom stereocenters. The third-order valence-electron chi connectivity index (χ3n) is 6.11. The molecule has 0 aromatic carbocycles. The molecule has 1 saturated carbocycles. The third-order valence-corrected chi connectivity index (χ3v) is 6.11. The molecule has 7 heteroatoms. The lowest BCUT2D eigenvalue weighted by Gasteiger charge is -2.33. The second kappa shape index (κ2) is 7.88. The molecule has 2 aromatic rings. The van der Waals surface area contributed by atoms with Gasteiger partial charge >= 0.3 is 0 Å². The molecule has 0 amide bonds. The largest absolute Gasteiger partial charge is 0.328 e. The van der Waals surface area contributed by atoms with Crippen LogP contribution in [0.4, 0.5) is 0 Å². The van der Waals surface area contributed by atoms with E-state index >= 15 is 0 Å². The van der Waals surface area contributed by atoms with E-state index in [1.54, 1.807) is 0 Å². The monoisotopic (exact) mass is 357 g/mol. The van der Waals surface area contributed by atoms with Crippen LogP contribution in [0.2, 0.25) is 0 Å². The van der Waals surface area contributed by atoms with E-state index < -0.39 is 0 Å². The Kier molecular flexibility index (Phi) is 5.36. The number of hydrogen-bond acceptors (Lipinski definition) is 5. The van der Waals surface area contributed by atoms with E-state index in [0.717, 1.165) is 63.1 Å². The molecule has 1 saturated heterocycles. The molecule has 1 aliphatic heterocycles. The maximum atomic E-state index is 5.95. The quantitative estimate of drug-likeness (QED) is 0.820. The maximum absolute atomic E-state index is 5.95. The number of aromatic nitrogens is 5. The molecule has 2 N–H and O–H groups in total. The van der Waals surface area contributed by atoms with Crippen LogP contribution in [-0.2, 0) is 19.6 Å². The first-order valence-corrected chi connectivity index (χ1v) is 10.1. The molecule has 2 aliphatic rings. The average molecular weight is 358 g/mol. The van der Waals surface area contributed by atoms with E-state index in [-0.39, 0.29) is 0 Å². The van der Waals surface area contributed by atoms with Gasteiger partial charge in [0.2, 0.25) is 0 Å². The van der Waals surface area contributed by atoms with Crippen molar-refractivity contribution in [2.24, 2.45) is 11.7 Å². The van der Waals surface area contributed by atoms with Crippen molar-refractivity contribution in [2.75, 3.05) is 13.1 Å². The summed E-state index contributed by atoms with van der Waals surface area (Å²) in [6.07, 6.45) is 9.79. The van der Waals surface area contributed by atoms with Crippen molar-refractivity contribution in [3.63, 3.8) is 0 Å². The lowest BCUT2D eigenvalue weighted by atomic mass is 9.80. The zero-order valence-corrected chi connectivity index (χ0v) is 15.8. The van der Waals surface area contributed by atoms with Gasteiger partial charge in [-0.05, 0) is 64.1 Å². The van der Waals surface area contributed by atoms with Crippen LogP contribution in [-0.4, -0.2) is 48.6 Å². The molecule has 1 aliphatic carbocycles. The molecular weight excluding hydrogens is 326 g/mol. The fraction of sp³-hybridized carbons (Fsp3) is 0.737. The normalized spacial score (nSPS) is 24.7. The van der Waals surface area contributed by atoms with Gasteiger partial charge in [0.05, 0.1) is 6.54 Å². The van der Waals surface area contributed by atoms with Crippen LogP contribution in [0.3, 0.4) is 0 Å². The van der Waals surface area contributed by atoms with Gasteiger partial charge in [-0.1, -0.05) is 0 Å². The molecule has 26 heavy (non-hydrogen) atoms. The number of rotatable bonds is 7. The van der Waals surface area contributed by atoms with Crippen LogP contribution in [0.5, 0.6) is 0 Å². The van der Waals surface area contributed by atoms with Crippen LogP contribution < -0.4 is 5.73 Å². The van der Waals surface area contributed by atoms with Crippen molar-refractivity contribution in [2.45, 2.75) is 70.6 Å². The SMILES string of the molecule is CCn1c(CN2CCC(CCn3cccn3)CC2)nnc1C1CC(N)C1. The van der Waals surface area contributed by atoms with Gasteiger partial charge in [0.25, 0.3) is 0 Å². The molecule has 7 nitrogen and oxygen atoms in total. The zero-order chi connectivity index (χ0) is 17.9. The molecule has 2 fully saturated rings. The van der Waals surface area contributed by atoms with E-state index in [2.05, 4.69) is 37.9 Å². The molecule has 0 spiro atoms. The fourth-order valence-corrected chi connectivity index (χ4v) is 4.37. The zero-order valence-electron chi connectivity index (χ0n) is 15.8. The van der Waals surface area contributed by atoms with E-state index in [0.29, 0.717) is 12.0 Å². The Morgan fingerprint density at radius 1 is 1.19 bits per heavy atom. The summed E-state index contributed by atoms with van der Waals surface area (Å²) in [5.41, 5.74) is 5.95.